The van der Waals surface area contributed by atoms with Crippen LogP contribution in [0.3, 0.4) is 0 Å². The highest BCUT2D eigenvalue weighted by Gasteiger charge is 2.22. The topological polar surface area (TPSA) is 59.8 Å². The third kappa shape index (κ3) is 4.96. The summed E-state index contributed by atoms with van der Waals surface area (Å²) in [6.45, 7) is 4.78. The van der Waals surface area contributed by atoms with Gasteiger partial charge in [0.15, 0.2) is 0 Å². The van der Waals surface area contributed by atoms with Crippen LogP contribution in [0.2, 0.25) is 0 Å². The third-order valence-corrected chi connectivity index (χ3v) is 5.52. The Balaban J connectivity index is 1.75. The zero-order chi connectivity index (χ0) is 19.1. The van der Waals surface area contributed by atoms with Crippen molar-refractivity contribution in [2.24, 2.45) is 5.92 Å². The lowest BCUT2D eigenvalue weighted by molar-refractivity contribution is -0.125. The van der Waals surface area contributed by atoms with Gasteiger partial charge >= 0.3 is 0 Å². The Kier molecular flexibility index (Phi) is 7.02. The van der Waals surface area contributed by atoms with Crippen LogP contribution in [0.25, 0.3) is 11.3 Å². The van der Waals surface area contributed by atoms with Gasteiger partial charge in [-0.15, -0.1) is 0 Å². The van der Waals surface area contributed by atoms with Gasteiger partial charge in [0.25, 0.3) is 0 Å². The van der Waals surface area contributed by atoms with Gasteiger partial charge < -0.3 is 5.32 Å². The predicted octanol–water partition coefficient (Wildman–Crippen LogP) is 4.89. The highest BCUT2D eigenvalue weighted by molar-refractivity contribution is 5.78. The number of nitrogens with zero attached hydrogens (tertiary/aromatic N) is 3. The minimum atomic E-state index is 0.122. The number of aromatic nitrogens is 3. The first-order chi connectivity index (χ1) is 13.2. The van der Waals surface area contributed by atoms with Gasteiger partial charge in [0.2, 0.25) is 5.91 Å². The minimum Gasteiger partial charge on any atom is -0.350 e. The lowest BCUT2D eigenvalue weighted by atomic mass is 9.97. The van der Waals surface area contributed by atoms with Crippen molar-refractivity contribution in [3.63, 3.8) is 0 Å². The molecule has 0 saturated heterocycles. The van der Waals surface area contributed by atoms with Crippen LogP contribution in [0.15, 0.2) is 30.6 Å². The molecule has 0 radical (unpaired) electrons. The van der Waals surface area contributed by atoms with Gasteiger partial charge in [0, 0.05) is 23.9 Å². The Morgan fingerprint density at radius 3 is 2.48 bits per heavy atom. The Bertz CT molecular complexity index is 713. The fourth-order valence-electron chi connectivity index (χ4n) is 4.12. The number of pyridine rings is 1. The van der Waals surface area contributed by atoms with Crippen molar-refractivity contribution in [2.75, 3.05) is 0 Å². The first-order valence-electron chi connectivity index (χ1n) is 10.5. The van der Waals surface area contributed by atoms with Crippen molar-refractivity contribution in [1.82, 2.24) is 20.1 Å². The van der Waals surface area contributed by atoms with Crippen LogP contribution >= 0.6 is 0 Å². The van der Waals surface area contributed by atoms with Crippen molar-refractivity contribution in [3.8, 4) is 11.3 Å². The maximum absolute atomic E-state index is 12.6. The summed E-state index contributed by atoms with van der Waals surface area (Å²) in [5.74, 6) is 0.288. The summed E-state index contributed by atoms with van der Waals surface area (Å²) in [5, 5.41) is 8.00. The zero-order valence-corrected chi connectivity index (χ0v) is 16.7. The number of hydrogen-bond donors (Lipinski definition) is 1. The Hall–Kier alpha value is -2.17. The van der Waals surface area contributed by atoms with Gasteiger partial charge in [-0.2, -0.15) is 5.10 Å². The van der Waals surface area contributed by atoms with E-state index in [1.807, 2.05) is 24.5 Å². The molecule has 1 fully saturated rings. The first kappa shape index (κ1) is 19.6. The molecule has 1 saturated carbocycles. The van der Waals surface area contributed by atoms with Gasteiger partial charge in [-0.3, -0.25) is 14.5 Å². The van der Waals surface area contributed by atoms with Gasteiger partial charge in [0.05, 0.1) is 24.0 Å². The molecule has 3 rings (SSSR count). The van der Waals surface area contributed by atoms with Crippen molar-refractivity contribution in [2.45, 2.75) is 77.8 Å². The number of amides is 1. The van der Waals surface area contributed by atoms with Crippen LogP contribution in [0.4, 0.5) is 0 Å². The van der Waals surface area contributed by atoms with Crippen molar-refractivity contribution >= 4 is 5.91 Å². The molecular weight excluding hydrogens is 336 g/mol. The largest absolute Gasteiger partial charge is 0.350 e. The van der Waals surface area contributed by atoms with E-state index in [4.69, 9.17) is 5.10 Å². The van der Waals surface area contributed by atoms with Crippen LogP contribution < -0.4 is 5.32 Å². The number of hydrogen-bond acceptors (Lipinski definition) is 3. The summed E-state index contributed by atoms with van der Waals surface area (Å²) in [4.78, 5) is 16.7. The molecule has 0 spiro atoms. The van der Waals surface area contributed by atoms with E-state index >= 15 is 0 Å². The molecule has 27 heavy (non-hydrogen) atoms. The molecule has 2 aromatic heterocycles. The van der Waals surface area contributed by atoms with E-state index in [-0.39, 0.29) is 11.8 Å². The van der Waals surface area contributed by atoms with Crippen molar-refractivity contribution in [3.05, 3.63) is 36.3 Å². The molecule has 0 aliphatic heterocycles. The third-order valence-electron chi connectivity index (χ3n) is 5.52. The van der Waals surface area contributed by atoms with Crippen LogP contribution in [0.1, 0.15) is 76.9 Å². The van der Waals surface area contributed by atoms with Crippen LogP contribution in [0.5, 0.6) is 0 Å². The smallest absolute Gasteiger partial charge is 0.223 e. The Morgan fingerprint density at radius 2 is 1.85 bits per heavy atom. The zero-order valence-electron chi connectivity index (χ0n) is 16.7. The number of carbonyl (C=O) groups is 1. The Morgan fingerprint density at radius 1 is 1.19 bits per heavy atom. The molecule has 0 aromatic carbocycles. The second-order valence-corrected chi connectivity index (χ2v) is 7.63. The monoisotopic (exact) mass is 368 g/mol. The average Bonchev–Trinajstić information content (AvgIpc) is 3.36. The molecular formula is C22H32N4O. The van der Waals surface area contributed by atoms with Crippen molar-refractivity contribution in [1.29, 1.82) is 0 Å². The van der Waals surface area contributed by atoms with Gasteiger partial charge in [0.1, 0.15) is 0 Å². The van der Waals surface area contributed by atoms with E-state index in [2.05, 4.69) is 34.9 Å². The summed E-state index contributed by atoms with van der Waals surface area (Å²) >= 11 is 0. The maximum atomic E-state index is 12.6. The molecule has 2 heterocycles. The summed E-state index contributed by atoms with van der Waals surface area (Å²) in [5.41, 5.74) is 3.21. The first-order valence-corrected chi connectivity index (χ1v) is 10.5. The molecule has 0 atom stereocenters. The SMILES string of the molecule is CCCC(CCC)C(=O)NCc1cc(-c2ccncc2)n(C2CCCC2)n1. The highest BCUT2D eigenvalue weighted by Crippen LogP contribution is 2.33. The minimum absolute atomic E-state index is 0.122. The quantitative estimate of drug-likeness (QED) is 0.685. The van der Waals surface area contributed by atoms with Crippen LogP contribution in [-0.4, -0.2) is 20.7 Å². The Labute approximate surface area is 162 Å². The van der Waals surface area contributed by atoms with E-state index in [1.165, 1.54) is 25.7 Å². The molecule has 1 N–H and O–H groups in total. The maximum Gasteiger partial charge on any atom is 0.223 e. The van der Waals surface area contributed by atoms with Crippen molar-refractivity contribution < 1.29 is 4.79 Å². The lowest BCUT2D eigenvalue weighted by Crippen LogP contribution is -2.30. The molecule has 1 amide bonds. The molecule has 0 bridgehead atoms. The van der Waals surface area contributed by atoms with Gasteiger partial charge in [-0.05, 0) is 43.9 Å². The molecule has 2 aromatic rings. The standard InChI is InChI=1S/C22H32N4O/c1-3-7-18(8-4-2)22(27)24-16-19-15-21(17-11-13-23-14-12-17)26(25-19)20-9-5-6-10-20/h11-15,18,20H,3-10,16H2,1-2H3,(H,24,27). The number of nitrogens with one attached hydrogen (secondary N) is 1. The fraction of sp³-hybridized carbons (Fsp3) is 0.591. The van der Waals surface area contributed by atoms with E-state index in [0.717, 1.165) is 42.6 Å². The fourth-order valence-corrected chi connectivity index (χ4v) is 4.12. The molecule has 146 valence electrons. The summed E-state index contributed by atoms with van der Waals surface area (Å²) in [6.07, 6.45) is 12.5. The molecule has 5 nitrogen and oxygen atoms in total. The van der Waals surface area contributed by atoms with Crippen LogP contribution in [0, 0.1) is 5.92 Å². The summed E-state index contributed by atoms with van der Waals surface area (Å²) in [6, 6.07) is 6.65. The van der Waals surface area contributed by atoms with Gasteiger partial charge in [-0.25, -0.2) is 0 Å². The van der Waals surface area contributed by atoms with E-state index in [9.17, 15) is 4.79 Å². The highest BCUT2D eigenvalue weighted by atomic mass is 16.1. The molecule has 0 unspecified atom stereocenters. The molecule has 1 aliphatic rings. The van der Waals surface area contributed by atoms with Gasteiger partial charge in [-0.1, -0.05) is 39.5 Å². The second kappa shape index (κ2) is 9.67. The average molecular weight is 369 g/mol. The predicted molar refractivity (Wildman–Crippen MR) is 108 cm³/mol. The summed E-state index contributed by atoms with van der Waals surface area (Å²) < 4.78 is 2.18. The van der Waals surface area contributed by atoms with E-state index in [1.54, 1.807) is 0 Å². The normalized spacial score (nSPS) is 14.8. The molecule has 1 aliphatic carbocycles. The summed E-state index contributed by atoms with van der Waals surface area (Å²) in [7, 11) is 0. The second-order valence-electron chi connectivity index (χ2n) is 7.63. The number of carbonyl (C=O) groups excluding carboxylic acids is 1. The number of rotatable bonds is 9. The van der Waals surface area contributed by atoms with E-state index < -0.39 is 0 Å². The molecule has 5 heteroatoms. The van der Waals surface area contributed by atoms with Crippen LogP contribution in [-0.2, 0) is 11.3 Å². The van der Waals surface area contributed by atoms with E-state index in [0.29, 0.717) is 12.6 Å². The lowest BCUT2D eigenvalue weighted by Gasteiger charge is -2.15.